The summed E-state index contributed by atoms with van der Waals surface area (Å²) in [4.78, 5) is 25.4. The molecule has 0 atom stereocenters. The van der Waals surface area contributed by atoms with Crippen molar-refractivity contribution in [1.82, 2.24) is 0 Å². The first kappa shape index (κ1) is 20.0. The van der Waals surface area contributed by atoms with E-state index in [2.05, 4.69) is 5.32 Å². The zero-order valence-corrected chi connectivity index (χ0v) is 16.8. The second-order valence-electron chi connectivity index (χ2n) is 6.03. The standard InChI is InChI=1S/C21H18N2O3S2/c1-15-2-8-18(9-3-15)27-14-21(24)22-16-4-10-19(11-5-16)28-20-12-6-17(7-13-20)23(25)26/h2-13H,14H2,1H3,(H,22,24). The van der Waals surface area contributed by atoms with E-state index in [1.807, 2.05) is 55.5 Å². The first-order chi connectivity index (χ1) is 13.5. The maximum atomic E-state index is 12.1. The van der Waals surface area contributed by atoms with Crippen molar-refractivity contribution >= 4 is 40.8 Å². The molecule has 0 bridgehead atoms. The lowest BCUT2D eigenvalue weighted by atomic mass is 10.2. The molecule has 0 aliphatic heterocycles. The third kappa shape index (κ3) is 5.87. The molecule has 0 unspecified atom stereocenters. The Kier molecular flexibility index (Phi) is 6.73. The van der Waals surface area contributed by atoms with E-state index >= 15 is 0 Å². The minimum absolute atomic E-state index is 0.0543. The summed E-state index contributed by atoms with van der Waals surface area (Å²) in [5.74, 6) is 0.295. The van der Waals surface area contributed by atoms with Gasteiger partial charge in [-0.3, -0.25) is 14.9 Å². The van der Waals surface area contributed by atoms with Crippen LogP contribution in [0.4, 0.5) is 11.4 Å². The van der Waals surface area contributed by atoms with Crippen LogP contribution in [-0.4, -0.2) is 16.6 Å². The summed E-state index contributed by atoms with van der Waals surface area (Å²) in [6, 6.07) is 22.0. The summed E-state index contributed by atoms with van der Waals surface area (Å²) in [5.41, 5.74) is 2.01. The van der Waals surface area contributed by atoms with Crippen molar-refractivity contribution in [2.24, 2.45) is 0 Å². The van der Waals surface area contributed by atoms with Crippen LogP contribution in [0.25, 0.3) is 0 Å². The molecule has 0 spiro atoms. The van der Waals surface area contributed by atoms with Crippen molar-refractivity contribution in [2.45, 2.75) is 21.6 Å². The smallest absolute Gasteiger partial charge is 0.269 e. The molecule has 1 N–H and O–H groups in total. The Balaban J connectivity index is 1.51. The number of aryl methyl sites for hydroxylation is 1. The summed E-state index contributed by atoms with van der Waals surface area (Å²) in [6.45, 7) is 2.03. The Labute approximate surface area is 171 Å². The normalized spacial score (nSPS) is 10.5. The molecule has 0 radical (unpaired) electrons. The molecule has 142 valence electrons. The van der Waals surface area contributed by atoms with E-state index < -0.39 is 4.92 Å². The molecule has 0 aromatic heterocycles. The van der Waals surface area contributed by atoms with Crippen LogP contribution in [0, 0.1) is 17.0 Å². The Morgan fingerprint density at radius 2 is 1.43 bits per heavy atom. The van der Waals surface area contributed by atoms with E-state index in [9.17, 15) is 14.9 Å². The molecule has 3 aromatic carbocycles. The Morgan fingerprint density at radius 3 is 2.00 bits per heavy atom. The lowest BCUT2D eigenvalue weighted by molar-refractivity contribution is -0.384. The molecule has 0 aliphatic rings. The van der Waals surface area contributed by atoms with Crippen LogP contribution in [-0.2, 0) is 4.79 Å². The lowest BCUT2D eigenvalue weighted by Crippen LogP contribution is -2.13. The second kappa shape index (κ2) is 9.43. The lowest BCUT2D eigenvalue weighted by Gasteiger charge is -2.07. The van der Waals surface area contributed by atoms with Crippen LogP contribution in [0.3, 0.4) is 0 Å². The highest BCUT2D eigenvalue weighted by Crippen LogP contribution is 2.30. The monoisotopic (exact) mass is 410 g/mol. The number of hydrogen-bond donors (Lipinski definition) is 1. The van der Waals surface area contributed by atoms with E-state index in [1.54, 1.807) is 12.1 Å². The molecule has 3 rings (SSSR count). The van der Waals surface area contributed by atoms with Gasteiger partial charge in [-0.1, -0.05) is 29.5 Å². The van der Waals surface area contributed by atoms with Crippen molar-refractivity contribution in [3.05, 3.63) is 88.5 Å². The van der Waals surface area contributed by atoms with Crippen LogP contribution >= 0.6 is 23.5 Å². The molecular formula is C21H18N2O3S2. The van der Waals surface area contributed by atoms with Gasteiger partial charge >= 0.3 is 0 Å². The molecule has 3 aromatic rings. The number of carbonyl (C=O) groups excluding carboxylic acids is 1. The number of nitrogens with zero attached hydrogens (tertiary/aromatic N) is 1. The van der Waals surface area contributed by atoms with Crippen LogP contribution < -0.4 is 5.32 Å². The fraction of sp³-hybridized carbons (Fsp3) is 0.0952. The summed E-state index contributed by atoms with van der Waals surface area (Å²) in [7, 11) is 0. The summed E-state index contributed by atoms with van der Waals surface area (Å²) < 4.78 is 0. The van der Waals surface area contributed by atoms with Crippen molar-refractivity contribution in [2.75, 3.05) is 11.1 Å². The Bertz CT molecular complexity index is 956. The van der Waals surface area contributed by atoms with Gasteiger partial charge in [-0.2, -0.15) is 0 Å². The van der Waals surface area contributed by atoms with Crippen LogP contribution in [0.5, 0.6) is 0 Å². The van der Waals surface area contributed by atoms with E-state index in [0.717, 1.165) is 20.4 Å². The van der Waals surface area contributed by atoms with Crippen molar-refractivity contribution in [3.8, 4) is 0 Å². The van der Waals surface area contributed by atoms with Crippen LogP contribution in [0.2, 0.25) is 0 Å². The van der Waals surface area contributed by atoms with Crippen molar-refractivity contribution in [1.29, 1.82) is 0 Å². The predicted molar refractivity (Wildman–Crippen MR) is 114 cm³/mol. The molecule has 7 heteroatoms. The Hall–Kier alpha value is -2.77. The number of nitrogens with one attached hydrogen (secondary N) is 1. The van der Waals surface area contributed by atoms with Crippen molar-refractivity contribution in [3.63, 3.8) is 0 Å². The largest absolute Gasteiger partial charge is 0.325 e. The average molecular weight is 411 g/mol. The van der Waals surface area contributed by atoms with E-state index in [-0.39, 0.29) is 11.6 Å². The third-order valence-corrected chi connectivity index (χ3v) is 5.84. The molecule has 0 fully saturated rings. The van der Waals surface area contributed by atoms with Gasteiger partial charge in [0.25, 0.3) is 5.69 Å². The van der Waals surface area contributed by atoms with Crippen LogP contribution in [0.15, 0.2) is 87.5 Å². The second-order valence-corrected chi connectivity index (χ2v) is 8.22. The number of rotatable bonds is 7. The van der Waals surface area contributed by atoms with Gasteiger partial charge in [0, 0.05) is 32.5 Å². The van der Waals surface area contributed by atoms with Gasteiger partial charge in [0.05, 0.1) is 10.7 Å². The van der Waals surface area contributed by atoms with E-state index in [0.29, 0.717) is 5.75 Å². The van der Waals surface area contributed by atoms with Crippen LogP contribution in [0.1, 0.15) is 5.56 Å². The quantitative estimate of drug-likeness (QED) is 0.303. The number of thioether (sulfide) groups is 1. The average Bonchev–Trinajstić information content (AvgIpc) is 2.69. The first-order valence-corrected chi connectivity index (χ1v) is 10.3. The Morgan fingerprint density at radius 1 is 0.893 bits per heavy atom. The number of nitro groups is 1. The number of hydrogen-bond acceptors (Lipinski definition) is 5. The number of anilines is 1. The number of nitro benzene ring substituents is 1. The fourth-order valence-electron chi connectivity index (χ4n) is 2.36. The highest BCUT2D eigenvalue weighted by Gasteiger charge is 2.06. The van der Waals surface area contributed by atoms with E-state index in [4.69, 9.17) is 0 Å². The van der Waals surface area contributed by atoms with E-state index in [1.165, 1.54) is 41.2 Å². The highest BCUT2D eigenvalue weighted by atomic mass is 32.2. The molecule has 0 aliphatic carbocycles. The molecule has 0 saturated carbocycles. The zero-order valence-electron chi connectivity index (χ0n) is 15.1. The molecule has 1 amide bonds. The number of benzene rings is 3. The molecule has 5 nitrogen and oxygen atoms in total. The minimum atomic E-state index is -0.414. The highest BCUT2D eigenvalue weighted by molar-refractivity contribution is 8.00. The third-order valence-electron chi connectivity index (χ3n) is 3.81. The maximum Gasteiger partial charge on any atom is 0.269 e. The predicted octanol–water partition coefficient (Wildman–Crippen LogP) is 5.79. The van der Waals surface area contributed by atoms with Gasteiger partial charge in [-0.05, 0) is 55.5 Å². The zero-order chi connectivity index (χ0) is 19.9. The number of amides is 1. The topological polar surface area (TPSA) is 72.2 Å². The van der Waals surface area contributed by atoms with Crippen molar-refractivity contribution < 1.29 is 9.72 Å². The van der Waals surface area contributed by atoms with Gasteiger partial charge in [0.15, 0.2) is 0 Å². The van der Waals surface area contributed by atoms with Gasteiger partial charge in [0.1, 0.15) is 0 Å². The van der Waals surface area contributed by atoms with Gasteiger partial charge in [-0.25, -0.2) is 0 Å². The van der Waals surface area contributed by atoms with Gasteiger partial charge in [0.2, 0.25) is 5.91 Å². The van der Waals surface area contributed by atoms with Gasteiger partial charge in [-0.15, -0.1) is 11.8 Å². The molecule has 0 saturated heterocycles. The summed E-state index contributed by atoms with van der Waals surface area (Å²) in [5, 5.41) is 13.6. The fourth-order valence-corrected chi connectivity index (χ4v) is 3.87. The minimum Gasteiger partial charge on any atom is -0.325 e. The first-order valence-electron chi connectivity index (χ1n) is 8.51. The number of non-ortho nitro benzene ring substituents is 1. The maximum absolute atomic E-state index is 12.1. The number of carbonyl (C=O) groups is 1. The van der Waals surface area contributed by atoms with Gasteiger partial charge < -0.3 is 5.32 Å². The summed E-state index contributed by atoms with van der Waals surface area (Å²) >= 11 is 3.01. The SMILES string of the molecule is Cc1ccc(SCC(=O)Nc2ccc(Sc3ccc([N+](=O)[O-])cc3)cc2)cc1. The molecule has 0 heterocycles. The summed E-state index contributed by atoms with van der Waals surface area (Å²) in [6.07, 6.45) is 0. The molecular weight excluding hydrogens is 392 g/mol. The molecule has 28 heavy (non-hydrogen) atoms.